The van der Waals surface area contributed by atoms with Crippen molar-refractivity contribution in [1.29, 1.82) is 5.41 Å². The molecule has 0 saturated carbocycles. The molecule has 0 fully saturated rings. The molecular weight excluding hydrogens is 469 g/mol. The predicted octanol–water partition coefficient (Wildman–Crippen LogP) is 3.64. The van der Waals surface area contributed by atoms with Gasteiger partial charge in [-0.3, -0.25) is 10.1 Å². The topological polar surface area (TPSA) is 94.8 Å². The zero-order valence-electron chi connectivity index (χ0n) is 20.4. The Balaban J connectivity index is 1.57. The van der Waals surface area contributed by atoms with Crippen molar-refractivity contribution >= 4 is 11.8 Å². The number of aryl methyl sites for hydroxylation is 3. The first-order valence-corrected chi connectivity index (χ1v) is 11.6. The van der Waals surface area contributed by atoms with Crippen LogP contribution in [-0.4, -0.2) is 57.7 Å². The highest BCUT2D eigenvalue weighted by Crippen LogP contribution is 2.36. The Morgan fingerprint density at radius 2 is 2.06 bits per heavy atom. The van der Waals surface area contributed by atoms with Gasteiger partial charge < -0.3 is 15.5 Å². The maximum Gasteiger partial charge on any atom is 0.416 e. The molecule has 3 aromatic rings. The number of alkyl halides is 3. The smallest absolute Gasteiger partial charge is 0.389 e. The molecule has 3 N–H and O–H groups in total. The number of halogens is 3. The van der Waals surface area contributed by atoms with Crippen LogP contribution < -0.4 is 10.6 Å². The minimum absolute atomic E-state index is 0.124. The minimum Gasteiger partial charge on any atom is -0.389 e. The number of amidine groups is 1. The molecule has 0 radical (unpaired) electrons. The highest BCUT2D eigenvalue weighted by molar-refractivity contribution is 6.00. The summed E-state index contributed by atoms with van der Waals surface area (Å²) >= 11 is 0. The molecule has 11 heteroatoms. The van der Waals surface area contributed by atoms with Gasteiger partial charge in [0.15, 0.2) is 0 Å². The Morgan fingerprint density at radius 3 is 2.81 bits per heavy atom. The Labute approximate surface area is 207 Å². The van der Waals surface area contributed by atoms with Gasteiger partial charge in [-0.05, 0) is 50.2 Å². The molecule has 0 aliphatic heterocycles. The number of hydrogen-bond donors (Lipinski definition) is 3. The fraction of sp³-hybridized carbons (Fsp3) is 0.360. The van der Waals surface area contributed by atoms with Crippen LogP contribution in [0, 0.1) is 5.41 Å². The van der Waals surface area contributed by atoms with E-state index in [0.29, 0.717) is 17.7 Å². The van der Waals surface area contributed by atoms with Gasteiger partial charge in [0.25, 0.3) is 0 Å². The van der Waals surface area contributed by atoms with Gasteiger partial charge in [0.1, 0.15) is 5.84 Å². The van der Waals surface area contributed by atoms with Crippen LogP contribution >= 0.6 is 0 Å². The fourth-order valence-electron chi connectivity index (χ4n) is 4.12. The van der Waals surface area contributed by atoms with Crippen LogP contribution in [-0.2, 0) is 32.5 Å². The number of hydrogen-bond acceptors (Lipinski definition) is 6. The zero-order valence-corrected chi connectivity index (χ0v) is 20.4. The summed E-state index contributed by atoms with van der Waals surface area (Å²) < 4.78 is 41.4. The van der Waals surface area contributed by atoms with E-state index in [1.54, 1.807) is 36.3 Å². The third kappa shape index (κ3) is 5.91. The van der Waals surface area contributed by atoms with E-state index in [0.717, 1.165) is 48.1 Å². The largest absolute Gasteiger partial charge is 0.416 e. The van der Waals surface area contributed by atoms with E-state index >= 15 is 0 Å². The van der Waals surface area contributed by atoms with Gasteiger partial charge in [0.05, 0.1) is 22.6 Å². The first-order valence-electron chi connectivity index (χ1n) is 11.6. The highest BCUT2D eigenvalue weighted by Gasteiger charge is 2.31. The molecule has 190 valence electrons. The van der Waals surface area contributed by atoms with Gasteiger partial charge in [-0.2, -0.15) is 18.3 Å². The van der Waals surface area contributed by atoms with Crippen molar-refractivity contribution in [3.05, 3.63) is 70.8 Å². The number of likely N-dealkylation sites (N-methyl/N-ethyl adjacent to an activating group) is 1. The summed E-state index contributed by atoms with van der Waals surface area (Å²) in [4.78, 5) is 11.1. The van der Waals surface area contributed by atoms with Crippen LogP contribution in [0.2, 0.25) is 0 Å². The van der Waals surface area contributed by atoms with Gasteiger partial charge >= 0.3 is 6.18 Å². The molecule has 0 atom stereocenters. The number of aromatic nitrogens is 4. The maximum atomic E-state index is 13.2. The fourth-order valence-corrected chi connectivity index (χ4v) is 4.12. The van der Waals surface area contributed by atoms with E-state index in [-0.39, 0.29) is 18.2 Å². The Hall–Kier alpha value is -3.73. The van der Waals surface area contributed by atoms with Crippen LogP contribution in [0.3, 0.4) is 0 Å². The first kappa shape index (κ1) is 25.4. The molecule has 2 aromatic heterocycles. The number of fused-ring (bicyclic) bond motifs is 3. The zero-order chi connectivity index (χ0) is 25.9. The molecule has 0 saturated heterocycles. The second-order valence-electron chi connectivity index (χ2n) is 8.96. The molecule has 8 nitrogen and oxygen atoms in total. The van der Waals surface area contributed by atoms with Crippen molar-refractivity contribution in [3.63, 3.8) is 0 Å². The lowest BCUT2D eigenvalue weighted by molar-refractivity contribution is -0.137. The SMILES string of the molecule is CN(C)CCN/C=C\C(=N)Nc1ncc2c(n1)-c1c(nn(C)c1Cc1cccc(C(F)(F)F)c1)CC2. The van der Waals surface area contributed by atoms with Gasteiger partial charge in [0.2, 0.25) is 5.95 Å². The Bertz CT molecular complexity index is 1280. The summed E-state index contributed by atoms with van der Waals surface area (Å²) in [6.45, 7) is 1.62. The molecule has 0 amide bonds. The molecule has 1 aliphatic carbocycles. The van der Waals surface area contributed by atoms with Crippen LogP contribution in [0.25, 0.3) is 11.3 Å². The van der Waals surface area contributed by atoms with Crippen molar-refractivity contribution < 1.29 is 13.2 Å². The lowest BCUT2D eigenvalue weighted by Gasteiger charge is -2.17. The molecule has 2 heterocycles. The van der Waals surface area contributed by atoms with E-state index in [2.05, 4.69) is 30.6 Å². The average molecular weight is 499 g/mol. The first-order chi connectivity index (χ1) is 17.1. The lowest BCUT2D eigenvalue weighted by Crippen LogP contribution is -2.23. The van der Waals surface area contributed by atoms with E-state index in [9.17, 15) is 13.2 Å². The van der Waals surface area contributed by atoms with Crippen molar-refractivity contribution in [2.45, 2.75) is 25.4 Å². The lowest BCUT2D eigenvalue weighted by atomic mass is 9.91. The van der Waals surface area contributed by atoms with E-state index < -0.39 is 11.7 Å². The maximum absolute atomic E-state index is 13.2. The minimum atomic E-state index is -4.40. The number of nitrogens with one attached hydrogen (secondary N) is 3. The summed E-state index contributed by atoms with van der Waals surface area (Å²) in [7, 11) is 5.77. The molecule has 36 heavy (non-hydrogen) atoms. The number of anilines is 1. The quantitative estimate of drug-likeness (QED) is 0.249. The molecule has 4 rings (SSSR count). The molecule has 0 bridgehead atoms. The van der Waals surface area contributed by atoms with E-state index in [1.165, 1.54) is 12.1 Å². The normalized spacial score (nSPS) is 13.1. The summed E-state index contributed by atoms with van der Waals surface area (Å²) in [5.41, 5.74) is 3.99. The van der Waals surface area contributed by atoms with Gasteiger partial charge in [-0.15, -0.1) is 0 Å². The molecule has 0 spiro atoms. The summed E-state index contributed by atoms with van der Waals surface area (Å²) in [6.07, 6.45) is 2.33. The molecule has 0 unspecified atom stereocenters. The van der Waals surface area contributed by atoms with Crippen molar-refractivity contribution in [2.75, 3.05) is 32.5 Å². The van der Waals surface area contributed by atoms with Crippen molar-refractivity contribution in [3.8, 4) is 11.3 Å². The monoisotopic (exact) mass is 498 g/mol. The van der Waals surface area contributed by atoms with Gasteiger partial charge in [0, 0.05) is 44.5 Å². The third-order valence-corrected chi connectivity index (χ3v) is 5.91. The average Bonchev–Trinajstić information content (AvgIpc) is 3.13. The van der Waals surface area contributed by atoms with Crippen LogP contribution in [0.4, 0.5) is 19.1 Å². The van der Waals surface area contributed by atoms with E-state index in [4.69, 9.17) is 5.41 Å². The van der Waals surface area contributed by atoms with Gasteiger partial charge in [-0.25, -0.2) is 9.97 Å². The van der Waals surface area contributed by atoms with Crippen LogP contribution in [0.1, 0.15) is 28.1 Å². The molecular formula is C25H29F3N8. The van der Waals surface area contributed by atoms with Crippen LogP contribution in [0.5, 0.6) is 0 Å². The van der Waals surface area contributed by atoms with E-state index in [1.807, 2.05) is 14.1 Å². The second kappa shape index (κ2) is 10.5. The van der Waals surface area contributed by atoms with Crippen molar-refractivity contribution in [2.24, 2.45) is 7.05 Å². The molecule has 1 aliphatic rings. The summed E-state index contributed by atoms with van der Waals surface area (Å²) in [5, 5.41) is 18.8. The molecule has 1 aromatic carbocycles. The summed E-state index contributed by atoms with van der Waals surface area (Å²) in [6, 6.07) is 5.36. The predicted molar refractivity (Wildman–Crippen MR) is 133 cm³/mol. The number of nitrogens with zero attached hydrogens (tertiary/aromatic N) is 5. The van der Waals surface area contributed by atoms with Crippen molar-refractivity contribution in [1.82, 2.24) is 30.0 Å². The third-order valence-electron chi connectivity index (χ3n) is 5.91. The number of benzene rings is 1. The summed E-state index contributed by atoms with van der Waals surface area (Å²) in [5.74, 6) is 0.400. The Kier molecular flexibility index (Phi) is 7.39. The standard InChI is InChI=1S/C25H29F3N8/c1-35(2)12-11-30-10-9-21(29)32-24-31-15-17-7-8-19-22(23(17)33-24)20(36(3)34-19)14-16-5-4-6-18(13-16)25(26,27)28/h4-6,9-10,13,15,30H,7-8,11-12,14H2,1-3H3,(H2,29,31,32,33)/b10-9-. The Morgan fingerprint density at radius 1 is 1.25 bits per heavy atom. The highest BCUT2D eigenvalue weighted by atomic mass is 19.4. The number of rotatable bonds is 8. The van der Waals surface area contributed by atoms with Crippen LogP contribution in [0.15, 0.2) is 42.7 Å². The second-order valence-corrected chi connectivity index (χ2v) is 8.96. The van der Waals surface area contributed by atoms with Gasteiger partial charge in [-0.1, -0.05) is 18.2 Å².